The second-order valence-corrected chi connectivity index (χ2v) is 5.08. The first-order valence-corrected chi connectivity index (χ1v) is 6.93. The maximum absolute atomic E-state index is 12.3. The van der Waals surface area contributed by atoms with Gasteiger partial charge in [-0.1, -0.05) is 29.8 Å². The van der Waals surface area contributed by atoms with Crippen molar-refractivity contribution in [3.8, 4) is 5.75 Å². The summed E-state index contributed by atoms with van der Waals surface area (Å²) in [4.78, 5) is 23.1. The van der Waals surface area contributed by atoms with Gasteiger partial charge in [0.1, 0.15) is 5.75 Å². The smallest absolute Gasteiger partial charge is 0.259 e. The highest BCUT2D eigenvalue weighted by Gasteiger charge is 2.13. The van der Waals surface area contributed by atoms with Crippen LogP contribution in [0.5, 0.6) is 5.75 Å². The van der Waals surface area contributed by atoms with E-state index in [2.05, 4.69) is 5.32 Å². The van der Waals surface area contributed by atoms with Gasteiger partial charge in [-0.05, 0) is 36.8 Å². The Morgan fingerprint density at radius 1 is 1.23 bits per heavy atom. The monoisotopic (exact) mass is 318 g/mol. The summed E-state index contributed by atoms with van der Waals surface area (Å²) in [6.07, 6.45) is 0. The van der Waals surface area contributed by atoms with E-state index in [1.165, 1.54) is 0 Å². The second-order valence-electron chi connectivity index (χ2n) is 4.67. The number of primary amides is 1. The third-order valence-electron chi connectivity index (χ3n) is 2.93. The molecular weight excluding hydrogens is 304 g/mol. The summed E-state index contributed by atoms with van der Waals surface area (Å²) >= 11 is 6.03. The van der Waals surface area contributed by atoms with Gasteiger partial charge in [0.2, 0.25) is 0 Å². The fourth-order valence-corrected chi connectivity index (χ4v) is 1.98. The Morgan fingerprint density at radius 3 is 2.64 bits per heavy atom. The van der Waals surface area contributed by atoms with Crippen molar-refractivity contribution in [3.63, 3.8) is 0 Å². The molecule has 0 bridgehead atoms. The third kappa shape index (κ3) is 3.99. The average Bonchev–Trinajstić information content (AvgIpc) is 2.49. The van der Waals surface area contributed by atoms with Gasteiger partial charge in [-0.3, -0.25) is 9.59 Å². The average molecular weight is 319 g/mol. The molecule has 2 aromatic rings. The molecule has 5 nitrogen and oxygen atoms in total. The number of halogens is 1. The van der Waals surface area contributed by atoms with Crippen molar-refractivity contribution >= 4 is 29.1 Å². The summed E-state index contributed by atoms with van der Waals surface area (Å²) in [6, 6.07) is 11.8. The predicted molar refractivity (Wildman–Crippen MR) is 85.3 cm³/mol. The zero-order valence-electron chi connectivity index (χ0n) is 11.9. The number of para-hydroxylation sites is 1. The van der Waals surface area contributed by atoms with E-state index in [1.54, 1.807) is 36.4 Å². The Bertz CT molecular complexity index is 716. The highest BCUT2D eigenvalue weighted by Crippen LogP contribution is 2.23. The van der Waals surface area contributed by atoms with Crippen molar-refractivity contribution in [1.29, 1.82) is 0 Å². The lowest BCUT2D eigenvalue weighted by Crippen LogP contribution is -2.21. The molecule has 0 aliphatic rings. The van der Waals surface area contributed by atoms with Crippen molar-refractivity contribution < 1.29 is 14.3 Å². The van der Waals surface area contributed by atoms with Crippen LogP contribution in [0.4, 0.5) is 5.69 Å². The molecule has 0 spiro atoms. The minimum absolute atomic E-state index is 0.289. The molecule has 0 saturated heterocycles. The predicted octanol–water partition coefficient (Wildman–Crippen LogP) is 2.76. The molecule has 0 saturated carbocycles. The molecule has 3 N–H and O–H groups in total. The number of anilines is 1. The highest BCUT2D eigenvalue weighted by atomic mass is 35.5. The maximum atomic E-state index is 12.3. The van der Waals surface area contributed by atoms with E-state index < -0.39 is 5.91 Å². The molecule has 0 radical (unpaired) electrons. The molecule has 0 aromatic heterocycles. The minimum atomic E-state index is -0.611. The number of rotatable bonds is 5. The van der Waals surface area contributed by atoms with Gasteiger partial charge in [-0.15, -0.1) is 0 Å². The van der Waals surface area contributed by atoms with E-state index in [0.717, 1.165) is 5.56 Å². The van der Waals surface area contributed by atoms with Gasteiger partial charge in [-0.2, -0.15) is 0 Å². The van der Waals surface area contributed by atoms with Crippen molar-refractivity contribution in [2.45, 2.75) is 6.92 Å². The number of hydrogen-bond donors (Lipinski definition) is 2. The van der Waals surface area contributed by atoms with Crippen LogP contribution < -0.4 is 15.8 Å². The number of nitrogens with two attached hydrogens (primary N) is 1. The first kappa shape index (κ1) is 15.9. The summed E-state index contributed by atoms with van der Waals surface area (Å²) in [5.74, 6) is -0.683. The van der Waals surface area contributed by atoms with Crippen molar-refractivity contribution in [3.05, 3.63) is 58.6 Å². The summed E-state index contributed by atoms with van der Waals surface area (Å²) in [5.41, 5.74) is 6.84. The molecule has 0 aliphatic carbocycles. The summed E-state index contributed by atoms with van der Waals surface area (Å²) < 4.78 is 5.24. The zero-order chi connectivity index (χ0) is 16.1. The van der Waals surface area contributed by atoms with Crippen LogP contribution in [0, 0.1) is 6.92 Å². The van der Waals surface area contributed by atoms with Crippen molar-refractivity contribution in [1.82, 2.24) is 0 Å². The van der Waals surface area contributed by atoms with Gasteiger partial charge >= 0.3 is 0 Å². The zero-order valence-corrected chi connectivity index (χ0v) is 12.7. The quantitative estimate of drug-likeness (QED) is 0.889. The van der Waals surface area contributed by atoms with Gasteiger partial charge in [-0.25, -0.2) is 0 Å². The molecule has 0 aliphatic heterocycles. The van der Waals surface area contributed by atoms with Gasteiger partial charge in [0.05, 0.1) is 5.56 Å². The van der Waals surface area contributed by atoms with Crippen LogP contribution in [0.1, 0.15) is 15.9 Å². The number of benzene rings is 2. The number of aryl methyl sites for hydroxylation is 1. The van der Waals surface area contributed by atoms with E-state index in [-0.39, 0.29) is 18.3 Å². The van der Waals surface area contributed by atoms with Gasteiger partial charge in [0.25, 0.3) is 11.8 Å². The minimum Gasteiger partial charge on any atom is -0.483 e. The Balaban J connectivity index is 2.18. The van der Waals surface area contributed by atoms with Crippen molar-refractivity contribution in [2.75, 3.05) is 11.9 Å². The lowest BCUT2D eigenvalue weighted by molar-refractivity contribution is -0.119. The molecule has 0 fully saturated rings. The fourth-order valence-electron chi connectivity index (χ4n) is 1.80. The number of carbonyl (C=O) groups is 2. The van der Waals surface area contributed by atoms with Crippen LogP contribution in [-0.4, -0.2) is 18.4 Å². The molecule has 0 unspecified atom stereocenters. The van der Waals surface area contributed by atoms with Gasteiger partial charge in [0.15, 0.2) is 6.61 Å². The van der Waals surface area contributed by atoms with E-state index in [0.29, 0.717) is 16.3 Å². The summed E-state index contributed by atoms with van der Waals surface area (Å²) in [6.45, 7) is 1.58. The highest BCUT2D eigenvalue weighted by molar-refractivity contribution is 6.31. The SMILES string of the molecule is Cc1ccc(NC(=O)c2ccccc2OCC(N)=O)cc1Cl. The van der Waals surface area contributed by atoms with Gasteiger partial charge in [0, 0.05) is 10.7 Å². The largest absolute Gasteiger partial charge is 0.483 e. The van der Waals surface area contributed by atoms with E-state index >= 15 is 0 Å². The van der Waals surface area contributed by atoms with Crippen LogP contribution in [0.2, 0.25) is 5.02 Å². The topological polar surface area (TPSA) is 81.4 Å². The summed E-state index contributed by atoms with van der Waals surface area (Å²) in [7, 11) is 0. The number of amides is 2. The van der Waals surface area contributed by atoms with E-state index in [9.17, 15) is 9.59 Å². The molecule has 2 amide bonds. The van der Waals surface area contributed by atoms with Gasteiger partial charge < -0.3 is 15.8 Å². The molecule has 22 heavy (non-hydrogen) atoms. The molecule has 2 rings (SSSR count). The lowest BCUT2D eigenvalue weighted by Gasteiger charge is -2.11. The molecule has 0 atom stereocenters. The Hall–Kier alpha value is -2.53. The first-order chi connectivity index (χ1) is 10.5. The molecular formula is C16H15ClN2O3. The molecule has 0 heterocycles. The fraction of sp³-hybridized carbons (Fsp3) is 0.125. The number of carbonyl (C=O) groups excluding carboxylic acids is 2. The second kappa shape index (κ2) is 6.95. The van der Waals surface area contributed by atoms with Crippen LogP contribution in [0.3, 0.4) is 0 Å². The third-order valence-corrected chi connectivity index (χ3v) is 3.34. The normalized spacial score (nSPS) is 10.1. The Kier molecular flexibility index (Phi) is 5.01. The summed E-state index contributed by atoms with van der Waals surface area (Å²) in [5, 5.41) is 3.30. The maximum Gasteiger partial charge on any atom is 0.259 e. The number of ether oxygens (including phenoxy) is 1. The van der Waals surface area contributed by atoms with Crippen LogP contribution >= 0.6 is 11.6 Å². The Labute approximate surface area is 133 Å². The molecule has 114 valence electrons. The van der Waals surface area contributed by atoms with Crippen LogP contribution in [0.25, 0.3) is 0 Å². The van der Waals surface area contributed by atoms with E-state index in [1.807, 2.05) is 13.0 Å². The standard InChI is InChI=1S/C16H15ClN2O3/c1-10-6-7-11(8-13(10)17)19-16(21)12-4-2-3-5-14(12)22-9-15(18)20/h2-8H,9H2,1H3,(H2,18,20)(H,19,21). The number of nitrogens with one attached hydrogen (secondary N) is 1. The van der Waals surface area contributed by atoms with Crippen molar-refractivity contribution in [2.24, 2.45) is 5.73 Å². The van der Waals surface area contributed by atoms with Crippen LogP contribution in [0.15, 0.2) is 42.5 Å². The van der Waals surface area contributed by atoms with E-state index in [4.69, 9.17) is 22.1 Å². The Morgan fingerprint density at radius 2 is 1.95 bits per heavy atom. The number of hydrogen-bond acceptors (Lipinski definition) is 3. The molecule has 6 heteroatoms. The molecule has 2 aromatic carbocycles. The first-order valence-electron chi connectivity index (χ1n) is 6.55. The lowest BCUT2D eigenvalue weighted by atomic mass is 10.1. The van der Waals surface area contributed by atoms with Crippen LogP contribution in [-0.2, 0) is 4.79 Å².